The van der Waals surface area contributed by atoms with E-state index in [4.69, 9.17) is 9.47 Å². The van der Waals surface area contributed by atoms with Crippen molar-refractivity contribution in [3.63, 3.8) is 0 Å². The monoisotopic (exact) mass is 364 g/mol. The molecule has 0 radical (unpaired) electrons. The summed E-state index contributed by atoms with van der Waals surface area (Å²) < 4.78 is 11.5. The van der Waals surface area contributed by atoms with Crippen LogP contribution in [-0.2, 0) is 20.9 Å². The molecule has 0 aliphatic carbocycles. The molecule has 0 spiro atoms. The van der Waals surface area contributed by atoms with Crippen LogP contribution in [0, 0.1) is 0 Å². The number of carbonyl (C=O) groups excluding carboxylic acids is 1. The normalized spacial score (nSPS) is 18.8. The summed E-state index contributed by atoms with van der Waals surface area (Å²) in [6, 6.07) is 18.3. The zero-order valence-electron chi connectivity index (χ0n) is 13.8. The minimum atomic E-state index is -0.764. The molecule has 0 fully saturated rings. The van der Waals surface area contributed by atoms with E-state index in [-0.39, 0.29) is 6.61 Å². The van der Waals surface area contributed by atoms with Crippen molar-refractivity contribution in [1.82, 2.24) is 4.98 Å². The molecule has 0 bridgehead atoms. The molecule has 4 rings (SSSR count). The Kier molecular flexibility index (Phi) is 4.75. The van der Waals surface area contributed by atoms with Crippen molar-refractivity contribution in [3.05, 3.63) is 88.4 Å². The van der Waals surface area contributed by atoms with Gasteiger partial charge < -0.3 is 9.47 Å². The first-order valence-corrected chi connectivity index (χ1v) is 9.09. The third-order valence-corrected chi connectivity index (χ3v) is 4.80. The van der Waals surface area contributed by atoms with Gasteiger partial charge >= 0.3 is 5.97 Å². The zero-order valence-corrected chi connectivity index (χ0v) is 14.6. The van der Waals surface area contributed by atoms with Crippen LogP contribution in [0.5, 0.6) is 0 Å². The van der Waals surface area contributed by atoms with E-state index in [9.17, 15) is 4.79 Å². The van der Waals surface area contributed by atoms with Crippen molar-refractivity contribution < 1.29 is 14.3 Å². The summed E-state index contributed by atoms with van der Waals surface area (Å²) in [7, 11) is 0. The van der Waals surface area contributed by atoms with Gasteiger partial charge in [0, 0.05) is 17.1 Å². The summed E-state index contributed by atoms with van der Waals surface area (Å²) in [4.78, 5) is 21.5. The summed E-state index contributed by atoms with van der Waals surface area (Å²) in [6.45, 7) is 0.205. The lowest BCUT2D eigenvalue weighted by atomic mass is 10.2. The second kappa shape index (κ2) is 7.49. The number of aliphatic imine (C=N–C) groups is 1. The van der Waals surface area contributed by atoms with E-state index in [0.717, 1.165) is 11.1 Å². The molecule has 2 aromatic carbocycles. The van der Waals surface area contributed by atoms with Crippen molar-refractivity contribution in [2.75, 3.05) is 0 Å². The van der Waals surface area contributed by atoms with Crippen LogP contribution in [0.15, 0.2) is 77.2 Å². The van der Waals surface area contributed by atoms with Crippen molar-refractivity contribution in [2.24, 2.45) is 4.99 Å². The van der Waals surface area contributed by atoms with Crippen LogP contribution >= 0.6 is 11.3 Å². The highest BCUT2D eigenvalue weighted by atomic mass is 32.1. The predicted octanol–water partition coefficient (Wildman–Crippen LogP) is 3.77. The van der Waals surface area contributed by atoms with E-state index < -0.39 is 18.1 Å². The molecule has 2 unspecified atom stereocenters. The number of hydrogen-bond acceptors (Lipinski definition) is 6. The molecule has 1 aliphatic heterocycles. The fraction of sp³-hybridized carbons (Fsp3) is 0.150. The minimum Gasteiger partial charge on any atom is -0.464 e. The molecular weight excluding hydrogens is 348 g/mol. The Bertz CT molecular complexity index is 895. The number of thiazole rings is 1. The van der Waals surface area contributed by atoms with Gasteiger partial charge in [0.2, 0.25) is 5.90 Å². The molecule has 1 aromatic heterocycles. The second-order valence-corrected chi connectivity index (χ2v) is 6.67. The van der Waals surface area contributed by atoms with Gasteiger partial charge in [0.15, 0.2) is 12.1 Å². The molecule has 130 valence electrons. The fourth-order valence-electron chi connectivity index (χ4n) is 2.68. The molecule has 0 amide bonds. The molecule has 0 saturated carbocycles. The Balaban J connectivity index is 1.55. The average molecular weight is 364 g/mol. The molecule has 6 heteroatoms. The van der Waals surface area contributed by atoms with Crippen LogP contribution in [0.4, 0.5) is 0 Å². The number of ether oxygens (including phenoxy) is 2. The second-order valence-electron chi connectivity index (χ2n) is 5.75. The standard InChI is InChI=1S/C20H16N2O3S/c23-20(24-13-14-7-3-1-4-8-14)16-17(19-21-11-12-26-19)25-18(22-16)15-9-5-2-6-10-15/h1-12,16-17H,13H2. The smallest absolute Gasteiger partial charge is 0.335 e. The van der Waals surface area contributed by atoms with Crippen LogP contribution < -0.4 is 0 Å². The summed E-state index contributed by atoms with van der Waals surface area (Å²) in [5.41, 5.74) is 1.75. The molecule has 0 N–H and O–H groups in total. The molecule has 1 aliphatic rings. The fourth-order valence-corrected chi connectivity index (χ4v) is 3.38. The third kappa shape index (κ3) is 3.50. The number of carbonyl (C=O) groups is 1. The van der Waals surface area contributed by atoms with E-state index in [1.54, 1.807) is 6.20 Å². The van der Waals surface area contributed by atoms with Gasteiger partial charge in [-0.25, -0.2) is 14.8 Å². The van der Waals surface area contributed by atoms with E-state index in [1.807, 2.05) is 66.0 Å². The quantitative estimate of drug-likeness (QED) is 0.647. The van der Waals surface area contributed by atoms with Crippen molar-refractivity contribution in [3.8, 4) is 0 Å². The summed E-state index contributed by atoms with van der Waals surface area (Å²) in [5, 5.41) is 2.56. The zero-order chi connectivity index (χ0) is 17.8. The topological polar surface area (TPSA) is 60.8 Å². The van der Waals surface area contributed by atoms with Crippen LogP contribution in [0.3, 0.4) is 0 Å². The molecule has 0 saturated heterocycles. The van der Waals surface area contributed by atoms with E-state index in [0.29, 0.717) is 10.9 Å². The maximum Gasteiger partial charge on any atom is 0.335 e. The number of hydrogen-bond donors (Lipinski definition) is 0. The summed E-state index contributed by atoms with van der Waals surface area (Å²) in [5.74, 6) is 0.0208. The average Bonchev–Trinajstić information content (AvgIpc) is 3.37. The third-order valence-electron chi connectivity index (χ3n) is 3.96. The largest absolute Gasteiger partial charge is 0.464 e. The maximum absolute atomic E-state index is 12.7. The molecule has 2 heterocycles. The minimum absolute atomic E-state index is 0.205. The van der Waals surface area contributed by atoms with Gasteiger partial charge in [-0.05, 0) is 17.7 Å². The number of rotatable bonds is 5. The molecule has 5 nitrogen and oxygen atoms in total. The lowest BCUT2D eigenvalue weighted by Crippen LogP contribution is -2.26. The number of nitrogens with zero attached hydrogens (tertiary/aromatic N) is 2. The highest BCUT2D eigenvalue weighted by Gasteiger charge is 2.40. The number of esters is 1. The SMILES string of the molecule is O=C(OCc1ccccc1)C1N=C(c2ccccc2)OC1c1nccs1. The van der Waals surface area contributed by atoms with Gasteiger partial charge in [-0.15, -0.1) is 11.3 Å². The highest BCUT2D eigenvalue weighted by Crippen LogP contribution is 2.33. The van der Waals surface area contributed by atoms with Crippen LogP contribution in [0.25, 0.3) is 0 Å². The first-order valence-electron chi connectivity index (χ1n) is 8.21. The molecular formula is C20H16N2O3S. The van der Waals surface area contributed by atoms with E-state index in [2.05, 4.69) is 9.98 Å². The van der Waals surface area contributed by atoms with Crippen molar-refractivity contribution in [2.45, 2.75) is 18.8 Å². The first-order chi connectivity index (χ1) is 12.8. The molecule has 3 aromatic rings. The Labute approximate surface area is 155 Å². The Hall–Kier alpha value is -2.99. The van der Waals surface area contributed by atoms with E-state index in [1.165, 1.54) is 11.3 Å². The summed E-state index contributed by atoms with van der Waals surface area (Å²) >= 11 is 1.44. The highest BCUT2D eigenvalue weighted by molar-refractivity contribution is 7.09. The molecule has 26 heavy (non-hydrogen) atoms. The van der Waals surface area contributed by atoms with Crippen LogP contribution in [-0.4, -0.2) is 22.9 Å². The summed E-state index contributed by atoms with van der Waals surface area (Å²) in [6.07, 6.45) is 1.13. The Morgan fingerprint density at radius 1 is 1.08 bits per heavy atom. The maximum atomic E-state index is 12.7. The van der Waals surface area contributed by atoms with Gasteiger partial charge in [-0.1, -0.05) is 48.5 Å². The van der Waals surface area contributed by atoms with Gasteiger partial charge in [0.1, 0.15) is 11.6 Å². The molecule has 2 atom stereocenters. The van der Waals surface area contributed by atoms with Crippen LogP contribution in [0.1, 0.15) is 22.2 Å². The van der Waals surface area contributed by atoms with Gasteiger partial charge in [-0.3, -0.25) is 0 Å². The first kappa shape index (κ1) is 16.5. The lowest BCUT2D eigenvalue weighted by Gasteiger charge is -2.14. The lowest BCUT2D eigenvalue weighted by molar-refractivity contribution is -0.148. The van der Waals surface area contributed by atoms with Crippen molar-refractivity contribution in [1.29, 1.82) is 0 Å². The van der Waals surface area contributed by atoms with Gasteiger partial charge in [0.05, 0.1) is 0 Å². The van der Waals surface area contributed by atoms with Crippen LogP contribution in [0.2, 0.25) is 0 Å². The van der Waals surface area contributed by atoms with Gasteiger partial charge in [0.25, 0.3) is 0 Å². The van der Waals surface area contributed by atoms with E-state index >= 15 is 0 Å². The van der Waals surface area contributed by atoms with Crippen molar-refractivity contribution >= 4 is 23.2 Å². The van der Waals surface area contributed by atoms with Gasteiger partial charge in [-0.2, -0.15) is 0 Å². The predicted molar refractivity (Wildman–Crippen MR) is 98.9 cm³/mol. The number of benzene rings is 2. The Morgan fingerprint density at radius 3 is 2.50 bits per heavy atom. The Morgan fingerprint density at radius 2 is 1.81 bits per heavy atom. The number of aromatic nitrogens is 1.